The second kappa shape index (κ2) is 3.55. The number of nitrogens with two attached hydrogens (primary N) is 1. The standard InChI is InChI=1S/C9H19NO/c1-6(2)7-3-8(10)5-9(11)4-7/h6-9,11H,3-5,10H2,1-2H3. The van der Waals surface area contributed by atoms with Crippen molar-refractivity contribution in [3.8, 4) is 0 Å². The van der Waals surface area contributed by atoms with E-state index in [9.17, 15) is 5.11 Å². The quantitative estimate of drug-likeness (QED) is 0.599. The summed E-state index contributed by atoms with van der Waals surface area (Å²) in [6.07, 6.45) is 2.69. The molecule has 1 fully saturated rings. The van der Waals surface area contributed by atoms with Gasteiger partial charge in [0.25, 0.3) is 0 Å². The number of hydrogen-bond acceptors (Lipinski definition) is 2. The molecular weight excluding hydrogens is 138 g/mol. The molecule has 0 aliphatic heterocycles. The van der Waals surface area contributed by atoms with Gasteiger partial charge in [-0.25, -0.2) is 0 Å². The van der Waals surface area contributed by atoms with Gasteiger partial charge in [-0.1, -0.05) is 13.8 Å². The van der Waals surface area contributed by atoms with Gasteiger partial charge in [-0.15, -0.1) is 0 Å². The van der Waals surface area contributed by atoms with E-state index in [1.54, 1.807) is 0 Å². The van der Waals surface area contributed by atoms with E-state index in [0.29, 0.717) is 11.8 Å². The lowest BCUT2D eigenvalue weighted by Gasteiger charge is -2.32. The van der Waals surface area contributed by atoms with Crippen LogP contribution in [-0.4, -0.2) is 17.3 Å². The molecule has 0 spiro atoms. The predicted octanol–water partition coefficient (Wildman–Crippen LogP) is 1.13. The SMILES string of the molecule is CC(C)C1CC(N)CC(O)C1. The van der Waals surface area contributed by atoms with E-state index in [4.69, 9.17) is 5.73 Å². The van der Waals surface area contributed by atoms with Crippen LogP contribution >= 0.6 is 0 Å². The van der Waals surface area contributed by atoms with Crippen molar-refractivity contribution in [2.45, 2.75) is 45.3 Å². The first kappa shape index (κ1) is 9.01. The van der Waals surface area contributed by atoms with Crippen LogP contribution in [0.5, 0.6) is 0 Å². The van der Waals surface area contributed by atoms with Crippen LogP contribution in [0.2, 0.25) is 0 Å². The van der Waals surface area contributed by atoms with Crippen molar-refractivity contribution < 1.29 is 5.11 Å². The van der Waals surface area contributed by atoms with E-state index in [1.807, 2.05) is 0 Å². The van der Waals surface area contributed by atoms with Crippen molar-refractivity contribution in [3.05, 3.63) is 0 Å². The lowest BCUT2D eigenvalue weighted by Crippen LogP contribution is -2.37. The minimum absolute atomic E-state index is 0.147. The van der Waals surface area contributed by atoms with Crippen LogP contribution in [0, 0.1) is 11.8 Å². The number of aliphatic hydroxyl groups excluding tert-OH is 1. The molecule has 3 N–H and O–H groups in total. The van der Waals surface area contributed by atoms with Crippen LogP contribution in [0.25, 0.3) is 0 Å². The summed E-state index contributed by atoms with van der Waals surface area (Å²) >= 11 is 0. The highest BCUT2D eigenvalue weighted by Gasteiger charge is 2.26. The maximum absolute atomic E-state index is 9.42. The van der Waals surface area contributed by atoms with Crippen LogP contribution in [0.3, 0.4) is 0 Å². The third-order valence-corrected chi connectivity index (χ3v) is 2.70. The van der Waals surface area contributed by atoms with Gasteiger partial charge in [0.15, 0.2) is 0 Å². The molecule has 1 saturated carbocycles. The molecule has 66 valence electrons. The first-order chi connectivity index (χ1) is 5.09. The topological polar surface area (TPSA) is 46.2 Å². The Morgan fingerprint density at radius 1 is 1.27 bits per heavy atom. The molecule has 1 rings (SSSR count). The van der Waals surface area contributed by atoms with Gasteiger partial charge in [-0.05, 0) is 31.1 Å². The van der Waals surface area contributed by atoms with Gasteiger partial charge in [0.1, 0.15) is 0 Å². The van der Waals surface area contributed by atoms with Crippen LogP contribution in [0.1, 0.15) is 33.1 Å². The zero-order valence-corrected chi connectivity index (χ0v) is 7.46. The van der Waals surface area contributed by atoms with E-state index in [1.165, 1.54) is 0 Å². The van der Waals surface area contributed by atoms with E-state index in [0.717, 1.165) is 19.3 Å². The van der Waals surface area contributed by atoms with Crippen molar-refractivity contribution in [1.29, 1.82) is 0 Å². The van der Waals surface area contributed by atoms with Crippen LogP contribution < -0.4 is 5.73 Å². The average molecular weight is 157 g/mol. The van der Waals surface area contributed by atoms with Crippen LogP contribution in [0.4, 0.5) is 0 Å². The van der Waals surface area contributed by atoms with Gasteiger partial charge in [0, 0.05) is 6.04 Å². The molecule has 0 saturated heterocycles. The zero-order valence-electron chi connectivity index (χ0n) is 7.46. The van der Waals surface area contributed by atoms with Gasteiger partial charge < -0.3 is 10.8 Å². The lowest BCUT2D eigenvalue weighted by molar-refractivity contribution is 0.0754. The summed E-state index contributed by atoms with van der Waals surface area (Å²) in [4.78, 5) is 0. The fourth-order valence-electron chi connectivity index (χ4n) is 1.92. The molecule has 0 aromatic carbocycles. The normalized spacial score (nSPS) is 39.5. The summed E-state index contributed by atoms with van der Waals surface area (Å²) in [6.45, 7) is 4.41. The molecule has 0 bridgehead atoms. The summed E-state index contributed by atoms with van der Waals surface area (Å²) in [5.41, 5.74) is 5.79. The predicted molar refractivity (Wildman–Crippen MR) is 46.2 cm³/mol. The third kappa shape index (κ3) is 2.46. The Morgan fingerprint density at radius 3 is 2.36 bits per heavy atom. The molecule has 2 nitrogen and oxygen atoms in total. The molecule has 1 aliphatic rings. The Hall–Kier alpha value is -0.0800. The lowest BCUT2D eigenvalue weighted by atomic mass is 9.78. The van der Waals surface area contributed by atoms with Gasteiger partial charge >= 0.3 is 0 Å². The molecule has 2 heteroatoms. The fourth-order valence-corrected chi connectivity index (χ4v) is 1.92. The third-order valence-electron chi connectivity index (χ3n) is 2.70. The van der Waals surface area contributed by atoms with Crippen molar-refractivity contribution in [3.63, 3.8) is 0 Å². The van der Waals surface area contributed by atoms with Gasteiger partial charge in [-0.3, -0.25) is 0 Å². The monoisotopic (exact) mass is 157 g/mol. The largest absolute Gasteiger partial charge is 0.393 e. The van der Waals surface area contributed by atoms with E-state index < -0.39 is 0 Å². The van der Waals surface area contributed by atoms with Crippen molar-refractivity contribution in [2.75, 3.05) is 0 Å². The number of rotatable bonds is 1. The van der Waals surface area contributed by atoms with E-state index >= 15 is 0 Å². The summed E-state index contributed by atoms with van der Waals surface area (Å²) in [7, 11) is 0. The maximum atomic E-state index is 9.42. The first-order valence-corrected chi connectivity index (χ1v) is 4.53. The first-order valence-electron chi connectivity index (χ1n) is 4.53. The van der Waals surface area contributed by atoms with Crippen LogP contribution in [-0.2, 0) is 0 Å². The smallest absolute Gasteiger partial charge is 0.0557 e. The Labute approximate surface area is 68.8 Å². The molecule has 11 heavy (non-hydrogen) atoms. The summed E-state index contributed by atoms with van der Waals surface area (Å²) in [5.74, 6) is 1.30. The van der Waals surface area contributed by atoms with Crippen molar-refractivity contribution in [1.82, 2.24) is 0 Å². The Balaban J connectivity index is 2.43. The summed E-state index contributed by atoms with van der Waals surface area (Å²) in [6, 6.07) is 0.228. The summed E-state index contributed by atoms with van der Waals surface area (Å²) in [5, 5.41) is 9.42. The fraction of sp³-hybridized carbons (Fsp3) is 1.00. The molecule has 0 aromatic heterocycles. The number of hydrogen-bond donors (Lipinski definition) is 2. The molecule has 0 aromatic rings. The molecule has 0 heterocycles. The van der Waals surface area contributed by atoms with Gasteiger partial charge in [-0.2, -0.15) is 0 Å². The maximum Gasteiger partial charge on any atom is 0.0557 e. The summed E-state index contributed by atoms with van der Waals surface area (Å²) < 4.78 is 0. The second-order valence-electron chi connectivity index (χ2n) is 4.13. The molecule has 1 aliphatic carbocycles. The van der Waals surface area contributed by atoms with Crippen molar-refractivity contribution >= 4 is 0 Å². The molecule has 0 amide bonds. The average Bonchev–Trinajstić information content (AvgIpc) is 1.85. The second-order valence-corrected chi connectivity index (χ2v) is 4.13. The molecule has 3 atom stereocenters. The Morgan fingerprint density at radius 2 is 1.91 bits per heavy atom. The highest BCUT2D eigenvalue weighted by Crippen LogP contribution is 2.29. The van der Waals surface area contributed by atoms with Gasteiger partial charge in [0.2, 0.25) is 0 Å². The van der Waals surface area contributed by atoms with Gasteiger partial charge in [0.05, 0.1) is 6.10 Å². The van der Waals surface area contributed by atoms with Crippen LogP contribution in [0.15, 0.2) is 0 Å². The Bertz CT molecular complexity index is 115. The zero-order chi connectivity index (χ0) is 8.43. The molecular formula is C9H19NO. The highest BCUT2D eigenvalue weighted by molar-refractivity contribution is 4.81. The minimum Gasteiger partial charge on any atom is -0.393 e. The molecule has 3 unspecified atom stereocenters. The minimum atomic E-state index is -0.147. The van der Waals surface area contributed by atoms with E-state index in [2.05, 4.69) is 13.8 Å². The van der Waals surface area contributed by atoms with E-state index in [-0.39, 0.29) is 12.1 Å². The number of aliphatic hydroxyl groups is 1. The molecule has 0 radical (unpaired) electrons. The highest BCUT2D eigenvalue weighted by atomic mass is 16.3. The van der Waals surface area contributed by atoms with Crippen molar-refractivity contribution in [2.24, 2.45) is 17.6 Å². The Kier molecular flexibility index (Phi) is 2.90.